The van der Waals surface area contributed by atoms with Crippen molar-refractivity contribution in [2.45, 2.75) is 59.1 Å². The van der Waals surface area contributed by atoms with Crippen LogP contribution in [0.2, 0.25) is 10.0 Å². The zero-order valence-electron chi connectivity index (χ0n) is 28.9. The lowest BCUT2D eigenvalue weighted by Gasteiger charge is -2.28. The minimum atomic E-state index is -0.748. The molecule has 4 rings (SSSR count). The Hall–Kier alpha value is -3.34. The van der Waals surface area contributed by atoms with Crippen molar-refractivity contribution in [3.63, 3.8) is 0 Å². The summed E-state index contributed by atoms with van der Waals surface area (Å²) < 4.78 is 15.1. The Bertz CT molecular complexity index is 1380. The van der Waals surface area contributed by atoms with Crippen LogP contribution in [0.15, 0.2) is 48.5 Å². The van der Waals surface area contributed by atoms with Crippen LogP contribution in [-0.2, 0) is 41.4 Å². The fraction of sp³-hybridized carbons (Fsp3) is 0.556. The molecule has 10 nitrogen and oxygen atoms in total. The van der Waals surface area contributed by atoms with Gasteiger partial charge in [-0.25, -0.2) is 4.79 Å². The Labute approximate surface area is 294 Å². The van der Waals surface area contributed by atoms with Gasteiger partial charge in [0.15, 0.2) is 0 Å². The van der Waals surface area contributed by atoms with Crippen molar-refractivity contribution in [3.05, 3.63) is 69.7 Å². The van der Waals surface area contributed by atoms with Gasteiger partial charge in [0.2, 0.25) is 5.91 Å². The third-order valence-corrected chi connectivity index (χ3v) is 9.03. The lowest BCUT2D eigenvalue weighted by Crippen LogP contribution is -2.51. The smallest absolute Gasteiger partial charge is 0.408 e. The van der Waals surface area contributed by atoms with Gasteiger partial charge in [0, 0.05) is 29.7 Å². The van der Waals surface area contributed by atoms with Crippen molar-refractivity contribution in [3.8, 4) is 0 Å². The highest BCUT2D eigenvalue weighted by molar-refractivity contribution is 6.30. The van der Waals surface area contributed by atoms with Crippen LogP contribution in [-0.4, -0.2) is 80.9 Å². The van der Waals surface area contributed by atoms with Gasteiger partial charge in [-0.05, 0) is 93.3 Å². The molecule has 2 aliphatic rings. The number of hydrogen-bond acceptors (Lipinski definition) is 8. The number of likely N-dealkylation sites (tertiary alicyclic amines) is 1. The maximum absolute atomic E-state index is 13.3. The number of carbonyl (C=O) groups excluding carboxylic acids is 4. The van der Waals surface area contributed by atoms with Crippen LogP contribution in [0.4, 0.5) is 4.79 Å². The minimum Gasteiger partial charge on any atom is -0.469 e. The second kappa shape index (κ2) is 17.9. The molecule has 2 saturated heterocycles. The minimum absolute atomic E-state index is 0.0318. The number of benzene rings is 2. The quantitative estimate of drug-likeness (QED) is 0.257. The summed E-state index contributed by atoms with van der Waals surface area (Å²) in [5.41, 5.74) is 1.57. The molecule has 48 heavy (non-hydrogen) atoms. The zero-order valence-corrected chi connectivity index (χ0v) is 30.4. The van der Waals surface area contributed by atoms with E-state index in [1.807, 2.05) is 62.4 Å². The van der Waals surface area contributed by atoms with E-state index in [2.05, 4.69) is 10.6 Å². The molecule has 0 radical (unpaired) electrons. The van der Waals surface area contributed by atoms with Crippen molar-refractivity contribution in [2.24, 2.45) is 29.6 Å². The van der Waals surface area contributed by atoms with Crippen LogP contribution in [0.25, 0.3) is 0 Å². The first-order chi connectivity index (χ1) is 22.6. The molecule has 0 unspecified atom stereocenters. The van der Waals surface area contributed by atoms with Gasteiger partial charge >= 0.3 is 18.0 Å². The number of nitrogens with zero attached hydrogens (tertiary/aromatic N) is 1. The molecule has 0 spiro atoms. The maximum atomic E-state index is 13.3. The highest BCUT2D eigenvalue weighted by Gasteiger charge is 2.42. The number of nitrogens with one attached hydrogen (secondary N) is 2. The monoisotopic (exact) mass is 705 g/mol. The topological polar surface area (TPSA) is 123 Å². The summed E-state index contributed by atoms with van der Waals surface area (Å²) in [4.78, 5) is 51.2. The van der Waals surface area contributed by atoms with Crippen LogP contribution < -0.4 is 10.6 Å². The SMILES string of the molecule is COC(=O)[C@H]1CN(C(=O)[C@@H](NC(=O)OC(C)(C)C)C(C)C)C[C@@H]1Cc1ccc(Cl)cc1.COC(=O)[C@H]1CNC[C@@H]1Cc1ccc(Cl)cc1. The first-order valence-corrected chi connectivity index (χ1v) is 17.0. The highest BCUT2D eigenvalue weighted by Crippen LogP contribution is 2.30. The normalized spacial score (nSPS) is 21.2. The number of amides is 2. The van der Waals surface area contributed by atoms with Gasteiger partial charge in [-0.3, -0.25) is 14.4 Å². The fourth-order valence-electron chi connectivity index (χ4n) is 6.04. The number of esters is 2. The average Bonchev–Trinajstić information content (AvgIpc) is 3.67. The van der Waals surface area contributed by atoms with E-state index in [9.17, 15) is 19.2 Å². The number of carbonyl (C=O) groups is 4. The lowest BCUT2D eigenvalue weighted by molar-refractivity contribution is -0.147. The second-order valence-electron chi connectivity index (χ2n) is 13.7. The van der Waals surface area contributed by atoms with Crippen LogP contribution in [0.5, 0.6) is 0 Å². The Kier molecular flexibility index (Phi) is 14.6. The van der Waals surface area contributed by atoms with Crippen molar-refractivity contribution in [1.29, 1.82) is 0 Å². The summed E-state index contributed by atoms with van der Waals surface area (Å²) in [6, 6.07) is 14.5. The molecule has 2 fully saturated rings. The largest absolute Gasteiger partial charge is 0.469 e. The summed E-state index contributed by atoms with van der Waals surface area (Å²) >= 11 is 11.8. The Balaban J connectivity index is 0.000000308. The van der Waals surface area contributed by atoms with Gasteiger partial charge in [-0.15, -0.1) is 0 Å². The van der Waals surface area contributed by atoms with Gasteiger partial charge in [0.1, 0.15) is 11.6 Å². The van der Waals surface area contributed by atoms with Gasteiger partial charge < -0.3 is 29.7 Å². The standard InChI is InChI=1S/C23H33ClN2O5.C13H16ClNO2/c1-14(2)19(25-22(29)31-23(3,4)5)20(27)26-12-16(18(13-26)21(28)30-6)11-15-7-9-17(24)10-8-15;1-17-13(16)12-8-15-7-10(12)6-9-2-4-11(14)5-3-9/h7-10,14,16,18-19H,11-13H2,1-6H3,(H,25,29);2-5,10,12,15H,6-8H2,1H3/t16-,18-,19-;10-,12-/m00/s1. The molecule has 0 saturated carbocycles. The van der Waals surface area contributed by atoms with Crippen molar-refractivity contribution in [2.75, 3.05) is 40.4 Å². The lowest BCUT2D eigenvalue weighted by atomic mass is 9.90. The van der Waals surface area contributed by atoms with Crippen LogP contribution in [0.3, 0.4) is 0 Å². The van der Waals surface area contributed by atoms with E-state index in [-0.39, 0.29) is 42.1 Å². The molecule has 264 valence electrons. The number of ether oxygens (including phenoxy) is 3. The van der Waals surface area contributed by atoms with E-state index >= 15 is 0 Å². The molecule has 5 atom stereocenters. The van der Waals surface area contributed by atoms with Gasteiger partial charge in [-0.1, -0.05) is 61.3 Å². The molecule has 2 aromatic carbocycles. The van der Waals surface area contributed by atoms with Gasteiger partial charge in [0.25, 0.3) is 0 Å². The summed E-state index contributed by atoms with van der Waals surface area (Å²) in [7, 11) is 2.80. The molecular weight excluding hydrogens is 657 g/mol. The molecule has 2 aromatic rings. The molecule has 2 amide bonds. The fourth-order valence-corrected chi connectivity index (χ4v) is 6.29. The van der Waals surface area contributed by atoms with Crippen LogP contribution in [0.1, 0.15) is 45.7 Å². The van der Waals surface area contributed by atoms with E-state index in [1.165, 1.54) is 19.8 Å². The molecule has 2 heterocycles. The second-order valence-corrected chi connectivity index (χ2v) is 14.6. The number of hydrogen-bond donors (Lipinski definition) is 2. The van der Waals surface area contributed by atoms with Crippen molar-refractivity contribution in [1.82, 2.24) is 15.5 Å². The van der Waals surface area contributed by atoms with E-state index in [4.69, 9.17) is 37.4 Å². The number of methoxy groups -OCH3 is 2. The Morgan fingerprint density at radius 1 is 0.812 bits per heavy atom. The molecule has 0 bridgehead atoms. The van der Waals surface area contributed by atoms with E-state index in [0.29, 0.717) is 30.5 Å². The first-order valence-electron chi connectivity index (χ1n) is 16.2. The van der Waals surface area contributed by atoms with Crippen LogP contribution >= 0.6 is 23.2 Å². The maximum Gasteiger partial charge on any atom is 0.408 e. The summed E-state index contributed by atoms with van der Waals surface area (Å²) in [5, 5.41) is 7.32. The third-order valence-electron chi connectivity index (χ3n) is 8.53. The highest BCUT2D eigenvalue weighted by atomic mass is 35.5. The number of alkyl carbamates (subject to hydrolysis) is 1. The number of rotatable bonds is 9. The molecule has 2 N–H and O–H groups in total. The van der Waals surface area contributed by atoms with E-state index in [1.54, 1.807) is 25.7 Å². The summed E-state index contributed by atoms with van der Waals surface area (Å²) in [6.07, 6.45) is 0.859. The predicted octanol–water partition coefficient (Wildman–Crippen LogP) is 5.57. The first kappa shape index (κ1) is 39.1. The van der Waals surface area contributed by atoms with Crippen LogP contribution in [0, 0.1) is 29.6 Å². The predicted molar refractivity (Wildman–Crippen MR) is 186 cm³/mol. The molecule has 0 aromatic heterocycles. The zero-order chi connectivity index (χ0) is 35.6. The van der Waals surface area contributed by atoms with E-state index in [0.717, 1.165) is 23.6 Å². The molecular formula is C36H49Cl2N3O7. The Morgan fingerprint density at radius 3 is 1.79 bits per heavy atom. The molecule has 2 aliphatic heterocycles. The Morgan fingerprint density at radius 2 is 1.31 bits per heavy atom. The molecule has 12 heteroatoms. The average molecular weight is 707 g/mol. The summed E-state index contributed by atoms with van der Waals surface area (Å²) in [5.74, 6) is -1.07. The third kappa shape index (κ3) is 11.7. The van der Waals surface area contributed by atoms with Crippen molar-refractivity contribution < 1.29 is 33.4 Å². The molecule has 0 aliphatic carbocycles. The van der Waals surface area contributed by atoms with E-state index < -0.39 is 23.7 Å². The van der Waals surface area contributed by atoms with Crippen molar-refractivity contribution >= 4 is 47.1 Å². The van der Waals surface area contributed by atoms with Gasteiger partial charge in [-0.2, -0.15) is 0 Å². The van der Waals surface area contributed by atoms with Gasteiger partial charge in [0.05, 0.1) is 26.1 Å². The summed E-state index contributed by atoms with van der Waals surface area (Å²) in [6.45, 7) is 11.2. The number of halogens is 2.